The minimum atomic E-state index is -0.371. The lowest BCUT2D eigenvalue weighted by molar-refractivity contribution is -0.117. The number of primary amides is 1. The molecule has 0 saturated carbocycles. The van der Waals surface area contributed by atoms with Gasteiger partial charge in [-0.15, -0.1) is 11.3 Å². The van der Waals surface area contributed by atoms with Crippen LogP contribution in [0.4, 0.5) is 5.00 Å². The number of carbonyl (C=O) groups is 2. The molecule has 118 valence electrons. The van der Waals surface area contributed by atoms with E-state index in [-0.39, 0.29) is 17.1 Å². The van der Waals surface area contributed by atoms with E-state index in [0.29, 0.717) is 12.0 Å². The third-order valence-electron chi connectivity index (χ3n) is 4.35. The normalized spacial score (nSPS) is 20.3. The van der Waals surface area contributed by atoms with Crippen molar-refractivity contribution in [3.63, 3.8) is 0 Å². The van der Waals surface area contributed by atoms with Crippen LogP contribution in [0.3, 0.4) is 0 Å². The largest absolute Gasteiger partial charge is 0.365 e. The van der Waals surface area contributed by atoms with Crippen LogP contribution in [0.5, 0.6) is 0 Å². The SMILES string of the molecule is CC1(C)CC(=O)C=C(Nc2sc3c(c2C(N)=O)CCCC3)C1. The minimum absolute atomic E-state index is 0.0437. The van der Waals surface area contributed by atoms with Crippen LogP contribution in [0.15, 0.2) is 11.8 Å². The first kappa shape index (κ1) is 15.3. The second kappa shape index (κ2) is 5.54. The predicted molar refractivity (Wildman–Crippen MR) is 89.2 cm³/mol. The Morgan fingerprint density at radius 2 is 2.00 bits per heavy atom. The number of carbonyl (C=O) groups excluding carboxylic acids is 2. The summed E-state index contributed by atoms with van der Waals surface area (Å²) in [4.78, 5) is 25.0. The van der Waals surface area contributed by atoms with Gasteiger partial charge in [0.05, 0.1) is 5.56 Å². The van der Waals surface area contributed by atoms with Crippen LogP contribution >= 0.6 is 11.3 Å². The van der Waals surface area contributed by atoms with Crippen molar-refractivity contribution in [2.24, 2.45) is 11.1 Å². The molecule has 0 atom stereocenters. The van der Waals surface area contributed by atoms with Gasteiger partial charge in [-0.2, -0.15) is 0 Å². The van der Waals surface area contributed by atoms with E-state index in [4.69, 9.17) is 5.73 Å². The highest BCUT2D eigenvalue weighted by Gasteiger charge is 2.29. The zero-order valence-electron chi connectivity index (χ0n) is 13.1. The average Bonchev–Trinajstić information content (AvgIpc) is 2.73. The van der Waals surface area contributed by atoms with Gasteiger partial charge in [0.25, 0.3) is 5.91 Å². The number of thiophene rings is 1. The predicted octanol–water partition coefficient (Wildman–Crippen LogP) is 3.41. The number of nitrogens with two attached hydrogens (primary N) is 1. The monoisotopic (exact) mass is 318 g/mol. The standard InChI is InChI=1S/C17H22N2O2S/c1-17(2)8-10(7-11(20)9-17)19-16-14(15(18)21)12-5-3-4-6-13(12)22-16/h7,19H,3-6,8-9H2,1-2H3,(H2,18,21). The molecule has 2 aliphatic carbocycles. The molecule has 0 fully saturated rings. The van der Waals surface area contributed by atoms with Crippen LogP contribution in [-0.4, -0.2) is 11.7 Å². The van der Waals surface area contributed by atoms with E-state index in [1.165, 1.54) is 11.3 Å². The van der Waals surface area contributed by atoms with E-state index in [9.17, 15) is 9.59 Å². The van der Waals surface area contributed by atoms with Crippen LogP contribution < -0.4 is 11.1 Å². The maximum absolute atomic E-state index is 11.9. The van der Waals surface area contributed by atoms with Crippen LogP contribution in [-0.2, 0) is 17.6 Å². The van der Waals surface area contributed by atoms with E-state index in [2.05, 4.69) is 19.2 Å². The molecule has 1 amide bonds. The van der Waals surface area contributed by atoms with Crippen LogP contribution in [0.25, 0.3) is 0 Å². The van der Waals surface area contributed by atoms with Crippen molar-refractivity contribution in [1.82, 2.24) is 0 Å². The van der Waals surface area contributed by atoms with Crippen LogP contribution in [0.1, 0.15) is 60.3 Å². The zero-order chi connectivity index (χ0) is 15.9. The smallest absolute Gasteiger partial charge is 0.251 e. The van der Waals surface area contributed by atoms with Crippen molar-refractivity contribution in [2.45, 2.75) is 52.4 Å². The summed E-state index contributed by atoms with van der Waals surface area (Å²) in [6, 6.07) is 0. The molecule has 1 aromatic heterocycles. The molecular formula is C17H22N2O2S. The highest BCUT2D eigenvalue weighted by molar-refractivity contribution is 7.16. The molecule has 2 aliphatic rings. The quantitative estimate of drug-likeness (QED) is 0.897. The van der Waals surface area contributed by atoms with Gasteiger partial charge in [0.15, 0.2) is 5.78 Å². The summed E-state index contributed by atoms with van der Waals surface area (Å²) in [5.74, 6) is -0.232. The van der Waals surface area contributed by atoms with Crippen molar-refractivity contribution in [1.29, 1.82) is 0 Å². The van der Waals surface area contributed by atoms with Crippen LogP contribution in [0.2, 0.25) is 0 Å². The van der Waals surface area contributed by atoms with Gasteiger partial charge in [0.2, 0.25) is 0 Å². The fourth-order valence-electron chi connectivity index (χ4n) is 3.49. The van der Waals surface area contributed by atoms with Crippen molar-refractivity contribution >= 4 is 28.0 Å². The Morgan fingerprint density at radius 3 is 2.68 bits per heavy atom. The number of aryl methyl sites for hydroxylation is 1. The number of hydrogen-bond acceptors (Lipinski definition) is 4. The first-order valence-corrected chi connectivity index (χ1v) is 8.62. The summed E-state index contributed by atoms with van der Waals surface area (Å²) in [5.41, 5.74) is 8.21. The number of rotatable bonds is 3. The lowest BCUT2D eigenvalue weighted by Gasteiger charge is -2.29. The second-order valence-electron chi connectivity index (χ2n) is 7.06. The molecule has 3 rings (SSSR count). The van der Waals surface area contributed by atoms with Crippen molar-refractivity contribution in [3.8, 4) is 0 Å². The Hall–Kier alpha value is -1.62. The number of anilines is 1. The van der Waals surface area contributed by atoms with Crippen molar-refractivity contribution in [3.05, 3.63) is 27.8 Å². The van der Waals surface area contributed by atoms with E-state index >= 15 is 0 Å². The molecule has 0 bridgehead atoms. The van der Waals surface area contributed by atoms with Gasteiger partial charge >= 0.3 is 0 Å². The van der Waals surface area contributed by atoms with Gasteiger partial charge in [0.1, 0.15) is 5.00 Å². The Balaban J connectivity index is 1.94. The molecule has 22 heavy (non-hydrogen) atoms. The summed E-state index contributed by atoms with van der Waals surface area (Å²) < 4.78 is 0. The molecule has 0 aliphatic heterocycles. The Morgan fingerprint density at radius 1 is 1.27 bits per heavy atom. The van der Waals surface area contributed by atoms with E-state index in [0.717, 1.165) is 41.9 Å². The number of hydrogen-bond donors (Lipinski definition) is 2. The first-order chi connectivity index (χ1) is 10.4. The first-order valence-electron chi connectivity index (χ1n) is 7.80. The lowest BCUT2D eigenvalue weighted by Crippen LogP contribution is -2.25. The van der Waals surface area contributed by atoms with Gasteiger partial charge in [-0.25, -0.2) is 0 Å². The summed E-state index contributed by atoms with van der Waals surface area (Å²) >= 11 is 1.62. The molecule has 0 spiro atoms. The van der Waals surface area contributed by atoms with Gasteiger partial charge in [-0.3, -0.25) is 9.59 Å². The Kier molecular flexibility index (Phi) is 3.85. The molecule has 1 aromatic rings. The van der Waals surface area contributed by atoms with E-state index in [1.54, 1.807) is 17.4 Å². The summed E-state index contributed by atoms with van der Waals surface area (Å²) in [7, 11) is 0. The third kappa shape index (κ3) is 2.95. The molecular weight excluding hydrogens is 296 g/mol. The molecule has 0 saturated heterocycles. The molecule has 3 N–H and O–H groups in total. The fourth-order valence-corrected chi connectivity index (χ4v) is 4.81. The van der Waals surface area contributed by atoms with Gasteiger partial charge in [0, 0.05) is 23.1 Å². The van der Waals surface area contributed by atoms with E-state index < -0.39 is 0 Å². The summed E-state index contributed by atoms with van der Waals surface area (Å²) in [6.45, 7) is 4.18. The molecule has 1 heterocycles. The average molecular weight is 318 g/mol. The van der Waals surface area contributed by atoms with Gasteiger partial charge < -0.3 is 11.1 Å². The number of ketones is 1. The number of amides is 1. The molecule has 0 radical (unpaired) electrons. The summed E-state index contributed by atoms with van der Waals surface area (Å²) in [5, 5.41) is 4.15. The number of nitrogens with one attached hydrogen (secondary N) is 1. The maximum Gasteiger partial charge on any atom is 0.251 e. The highest BCUT2D eigenvalue weighted by Crippen LogP contribution is 2.40. The van der Waals surface area contributed by atoms with Crippen molar-refractivity contribution < 1.29 is 9.59 Å². The molecule has 4 nitrogen and oxygen atoms in total. The van der Waals surface area contributed by atoms with Gasteiger partial charge in [-0.1, -0.05) is 13.8 Å². The third-order valence-corrected chi connectivity index (χ3v) is 5.56. The van der Waals surface area contributed by atoms with E-state index in [1.807, 2.05) is 0 Å². The number of fused-ring (bicyclic) bond motifs is 1. The van der Waals surface area contributed by atoms with Gasteiger partial charge in [-0.05, 0) is 43.1 Å². The molecule has 5 heteroatoms. The van der Waals surface area contributed by atoms with Crippen LogP contribution in [0, 0.1) is 5.41 Å². The second-order valence-corrected chi connectivity index (χ2v) is 8.16. The topological polar surface area (TPSA) is 72.2 Å². The zero-order valence-corrected chi connectivity index (χ0v) is 13.9. The lowest BCUT2D eigenvalue weighted by atomic mass is 9.79. The maximum atomic E-state index is 11.9. The molecule has 0 aromatic carbocycles. The van der Waals surface area contributed by atoms with Crippen molar-refractivity contribution in [2.75, 3.05) is 5.32 Å². The highest BCUT2D eigenvalue weighted by atomic mass is 32.1. The summed E-state index contributed by atoms with van der Waals surface area (Å²) in [6.07, 6.45) is 7.27. The Bertz CT molecular complexity index is 670. The number of allylic oxidation sites excluding steroid dienone is 2. The minimum Gasteiger partial charge on any atom is -0.365 e. The molecule has 0 unspecified atom stereocenters. The fraction of sp³-hybridized carbons (Fsp3) is 0.529. The Labute approximate surface area is 134 Å².